The standard InChI is InChI=1S/C10H7BClNO3/c12-10-9-6(4-13-10)5-2-1-3-7(11(14)15)8(5)16-9/h1-3,14-15H,4H2. The van der Waals surface area contributed by atoms with Gasteiger partial charge in [0.1, 0.15) is 5.58 Å². The summed E-state index contributed by atoms with van der Waals surface area (Å²) in [5.41, 5.74) is 1.72. The first-order chi connectivity index (χ1) is 7.68. The molecule has 4 nitrogen and oxygen atoms in total. The van der Waals surface area contributed by atoms with Crippen LogP contribution in [0.4, 0.5) is 0 Å². The van der Waals surface area contributed by atoms with Crippen LogP contribution in [0.1, 0.15) is 11.3 Å². The number of benzene rings is 1. The van der Waals surface area contributed by atoms with Gasteiger partial charge < -0.3 is 14.5 Å². The van der Waals surface area contributed by atoms with Crippen molar-refractivity contribution in [2.45, 2.75) is 6.54 Å². The van der Waals surface area contributed by atoms with Crippen LogP contribution in [0.25, 0.3) is 11.0 Å². The van der Waals surface area contributed by atoms with Crippen molar-refractivity contribution in [3.8, 4) is 0 Å². The summed E-state index contributed by atoms with van der Waals surface area (Å²) in [6.45, 7) is 0.478. The fourth-order valence-corrected chi connectivity index (χ4v) is 2.15. The van der Waals surface area contributed by atoms with Crippen molar-refractivity contribution < 1.29 is 14.5 Å². The zero-order valence-corrected chi connectivity index (χ0v) is 8.90. The summed E-state index contributed by atoms with van der Waals surface area (Å²) in [4.78, 5) is 4.05. The van der Waals surface area contributed by atoms with Crippen molar-refractivity contribution in [3.63, 3.8) is 0 Å². The van der Waals surface area contributed by atoms with Crippen LogP contribution in [0.3, 0.4) is 0 Å². The summed E-state index contributed by atoms with van der Waals surface area (Å²) in [5, 5.41) is 19.6. The van der Waals surface area contributed by atoms with Crippen molar-refractivity contribution in [1.82, 2.24) is 0 Å². The molecule has 80 valence electrons. The Balaban J connectivity index is 2.35. The fraction of sp³-hybridized carbons (Fsp3) is 0.100. The third-order valence-corrected chi connectivity index (χ3v) is 2.98. The van der Waals surface area contributed by atoms with Gasteiger partial charge in [-0.2, -0.15) is 0 Å². The summed E-state index contributed by atoms with van der Waals surface area (Å²) < 4.78 is 5.53. The summed E-state index contributed by atoms with van der Waals surface area (Å²) in [6, 6.07) is 5.21. The number of halogens is 1. The second kappa shape index (κ2) is 3.35. The Bertz CT molecular complexity index is 605. The Hall–Kier alpha value is -1.30. The van der Waals surface area contributed by atoms with E-state index in [0.29, 0.717) is 28.5 Å². The van der Waals surface area contributed by atoms with Crippen LogP contribution in [-0.2, 0) is 6.54 Å². The van der Waals surface area contributed by atoms with Gasteiger partial charge in [-0.3, -0.25) is 4.99 Å². The Labute approximate surface area is 96.3 Å². The molecule has 0 fully saturated rings. The largest absolute Gasteiger partial charge is 0.492 e. The maximum atomic E-state index is 9.21. The topological polar surface area (TPSA) is 66.0 Å². The molecule has 1 aromatic carbocycles. The number of hydrogen-bond acceptors (Lipinski definition) is 4. The molecule has 0 saturated heterocycles. The molecule has 1 aliphatic heterocycles. The predicted molar refractivity (Wildman–Crippen MR) is 62.1 cm³/mol. The van der Waals surface area contributed by atoms with Crippen LogP contribution in [0, 0.1) is 0 Å². The number of para-hydroxylation sites is 1. The molecule has 1 aromatic heterocycles. The quantitative estimate of drug-likeness (QED) is 0.712. The highest BCUT2D eigenvalue weighted by Gasteiger charge is 2.26. The lowest BCUT2D eigenvalue weighted by atomic mass is 9.79. The van der Waals surface area contributed by atoms with Crippen LogP contribution in [0.2, 0.25) is 0 Å². The molecular weight excluding hydrogens is 228 g/mol. The van der Waals surface area contributed by atoms with E-state index in [4.69, 9.17) is 16.0 Å². The minimum atomic E-state index is -1.55. The highest BCUT2D eigenvalue weighted by molar-refractivity contribution is 6.70. The highest BCUT2D eigenvalue weighted by atomic mass is 35.5. The molecule has 0 atom stereocenters. The average Bonchev–Trinajstić information content (AvgIpc) is 2.78. The Morgan fingerprint density at radius 2 is 2.19 bits per heavy atom. The van der Waals surface area contributed by atoms with Crippen molar-refractivity contribution in [2.75, 3.05) is 0 Å². The second-order valence-corrected chi connectivity index (χ2v) is 3.97. The van der Waals surface area contributed by atoms with E-state index < -0.39 is 7.12 Å². The smallest absolute Gasteiger partial charge is 0.453 e. The van der Waals surface area contributed by atoms with Crippen LogP contribution in [0.5, 0.6) is 0 Å². The SMILES string of the molecule is OB(O)c1cccc2c3c(oc12)C(Cl)=NC3. The summed E-state index contributed by atoms with van der Waals surface area (Å²) in [5.74, 6) is 0.532. The van der Waals surface area contributed by atoms with E-state index in [1.54, 1.807) is 12.1 Å². The number of nitrogens with zero attached hydrogens (tertiary/aromatic N) is 1. The van der Waals surface area contributed by atoms with Crippen LogP contribution in [-0.4, -0.2) is 22.3 Å². The number of rotatable bonds is 1. The summed E-state index contributed by atoms with van der Waals surface area (Å²) >= 11 is 5.88. The van der Waals surface area contributed by atoms with Crippen molar-refractivity contribution in [1.29, 1.82) is 0 Å². The summed E-state index contributed by atoms with van der Waals surface area (Å²) in [7, 11) is -1.55. The molecular formula is C10H7BClNO3. The number of fused-ring (bicyclic) bond motifs is 3. The zero-order valence-electron chi connectivity index (χ0n) is 8.14. The van der Waals surface area contributed by atoms with Gasteiger partial charge in [0.15, 0.2) is 10.9 Å². The van der Waals surface area contributed by atoms with Crippen LogP contribution < -0.4 is 5.46 Å². The van der Waals surface area contributed by atoms with Gasteiger partial charge in [-0.15, -0.1) is 0 Å². The third kappa shape index (κ3) is 1.22. The van der Waals surface area contributed by atoms with E-state index in [1.165, 1.54) is 0 Å². The Morgan fingerprint density at radius 1 is 1.38 bits per heavy atom. The first kappa shape index (κ1) is 9.90. The van der Waals surface area contributed by atoms with Gasteiger partial charge in [0.2, 0.25) is 0 Å². The maximum absolute atomic E-state index is 9.21. The van der Waals surface area contributed by atoms with Gasteiger partial charge in [0, 0.05) is 16.4 Å². The van der Waals surface area contributed by atoms with E-state index in [-0.39, 0.29) is 0 Å². The fourth-order valence-electron chi connectivity index (χ4n) is 1.94. The zero-order chi connectivity index (χ0) is 11.3. The molecule has 2 aromatic rings. The van der Waals surface area contributed by atoms with Gasteiger partial charge >= 0.3 is 7.12 Å². The van der Waals surface area contributed by atoms with Crippen LogP contribution in [0.15, 0.2) is 27.6 Å². The Morgan fingerprint density at radius 3 is 2.94 bits per heavy atom. The number of aliphatic imine (C=N–C) groups is 1. The molecule has 0 bridgehead atoms. The first-order valence-corrected chi connectivity index (χ1v) is 5.17. The number of furan rings is 1. The second-order valence-electron chi connectivity index (χ2n) is 3.61. The third-order valence-electron chi connectivity index (χ3n) is 2.69. The lowest BCUT2D eigenvalue weighted by Crippen LogP contribution is -2.30. The lowest BCUT2D eigenvalue weighted by Gasteiger charge is -1.99. The molecule has 16 heavy (non-hydrogen) atoms. The molecule has 1 aliphatic rings. The lowest BCUT2D eigenvalue weighted by molar-refractivity contribution is 0.425. The van der Waals surface area contributed by atoms with E-state index >= 15 is 0 Å². The van der Waals surface area contributed by atoms with Crippen molar-refractivity contribution in [2.24, 2.45) is 4.99 Å². The van der Waals surface area contributed by atoms with Crippen LogP contribution >= 0.6 is 11.6 Å². The normalized spacial score (nSPS) is 14.1. The molecule has 0 radical (unpaired) electrons. The molecule has 2 N–H and O–H groups in total. The molecule has 0 amide bonds. The minimum absolute atomic E-state index is 0.338. The van der Waals surface area contributed by atoms with Gasteiger partial charge in [0.25, 0.3) is 0 Å². The average molecular weight is 235 g/mol. The van der Waals surface area contributed by atoms with E-state index in [2.05, 4.69) is 4.99 Å². The Kier molecular flexibility index (Phi) is 2.07. The van der Waals surface area contributed by atoms with E-state index in [9.17, 15) is 10.0 Å². The molecule has 3 rings (SSSR count). The van der Waals surface area contributed by atoms with Gasteiger partial charge in [-0.05, 0) is 0 Å². The van der Waals surface area contributed by atoms with E-state index in [0.717, 1.165) is 10.9 Å². The molecule has 2 heterocycles. The minimum Gasteiger partial charge on any atom is -0.453 e. The predicted octanol–water partition coefficient (Wildman–Crippen LogP) is 0.612. The van der Waals surface area contributed by atoms with Crippen molar-refractivity contribution >= 4 is 40.3 Å². The molecule has 6 heteroatoms. The van der Waals surface area contributed by atoms with E-state index in [1.807, 2.05) is 6.07 Å². The summed E-state index contributed by atoms with van der Waals surface area (Å²) in [6.07, 6.45) is 0. The first-order valence-electron chi connectivity index (χ1n) is 4.79. The van der Waals surface area contributed by atoms with Crippen molar-refractivity contribution in [3.05, 3.63) is 29.5 Å². The molecule has 0 unspecified atom stereocenters. The molecule has 0 aliphatic carbocycles. The van der Waals surface area contributed by atoms with Gasteiger partial charge in [0.05, 0.1) is 6.54 Å². The molecule has 0 saturated carbocycles. The van der Waals surface area contributed by atoms with Gasteiger partial charge in [-0.1, -0.05) is 29.8 Å². The maximum Gasteiger partial charge on any atom is 0.492 e. The molecule has 0 spiro atoms. The number of hydrogen-bond donors (Lipinski definition) is 2. The monoisotopic (exact) mass is 235 g/mol. The highest BCUT2D eigenvalue weighted by Crippen LogP contribution is 2.31. The van der Waals surface area contributed by atoms with Gasteiger partial charge in [-0.25, -0.2) is 0 Å².